The average Bonchev–Trinajstić information content (AvgIpc) is 3.38. The highest BCUT2D eigenvalue weighted by Gasteiger charge is 2.44. The third-order valence-corrected chi connectivity index (χ3v) is 5.41. The number of nitrogen functional groups attached to an aromatic ring is 1. The molecule has 0 amide bonds. The van der Waals surface area contributed by atoms with Crippen LogP contribution in [0.3, 0.4) is 0 Å². The van der Waals surface area contributed by atoms with Crippen molar-refractivity contribution in [2.45, 2.75) is 24.7 Å². The first-order valence-electron chi connectivity index (χ1n) is 9.22. The van der Waals surface area contributed by atoms with Crippen LogP contribution in [-0.2, 0) is 5.41 Å². The number of hydrogen-bond acceptors (Lipinski definition) is 9. The van der Waals surface area contributed by atoms with Gasteiger partial charge in [0.2, 0.25) is 11.7 Å². The van der Waals surface area contributed by atoms with Gasteiger partial charge in [0.1, 0.15) is 0 Å². The molecule has 2 N–H and O–H groups in total. The van der Waals surface area contributed by atoms with Gasteiger partial charge in [-0.05, 0) is 29.1 Å². The van der Waals surface area contributed by atoms with E-state index in [0.717, 1.165) is 36.0 Å². The molecule has 1 saturated carbocycles. The van der Waals surface area contributed by atoms with E-state index in [2.05, 4.69) is 37.4 Å². The fraction of sp³-hybridized carbons (Fsp3) is 0.250. The molecule has 0 unspecified atom stereocenters. The highest BCUT2D eigenvalue weighted by Crippen LogP contribution is 2.48. The van der Waals surface area contributed by atoms with Crippen molar-refractivity contribution in [3.8, 4) is 28.7 Å². The van der Waals surface area contributed by atoms with Gasteiger partial charge in [-0.1, -0.05) is 35.8 Å². The Morgan fingerprint density at radius 2 is 1.76 bits per heavy atom. The number of rotatable bonds is 5. The summed E-state index contributed by atoms with van der Waals surface area (Å²) in [7, 11) is 1.52. The normalized spacial score (nSPS) is 15.1. The highest BCUT2D eigenvalue weighted by molar-refractivity contribution is 5.63. The molecule has 4 aromatic rings. The Morgan fingerprint density at radius 1 is 1.00 bits per heavy atom. The summed E-state index contributed by atoms with van der Waals surface area (Å²) in [4.78, 5) is 12.7. The van der Waals surface area contributed by atoms with Gasteiger partial charge in [-0.2, -0.15) is 4.98 Å². The van der Waals surface area contributed by atoms with Crippen LogP contribution in [0.1, 0.15) is 30.7 Å². The van der Waals surface area contributed by atoms with Crippen LogP contribution in [0.4, 0.5) is 5.95 Å². The number of anilines is 1. The fourth-order valence-electron chi connectivity index (χ4n) is 3.61. The molecule has 9 nitrogen and oxygen atoms in total. The molecule has 1 aromatic carbocycles. The lowest BCUT2D eigenvalue weighted by Crippen LogP contribution is -2.36. The van der Waals surface area contributed by atoms with Crippen molar-refractivity contribution in [2.24, 2.45) is 0 Å². The predicted molar refractivity (Wildman–Crippen MR) is 103 cm³/mol. The molecule has 1 aliphatic carbocycles. The number of ether oxygens (including phenoxy) is 1. The largest absolute Gasteiger partial charge is 0.479 e. The molecule has 0 spiro atoms. The fourth-order valence-corrected chi connectivity index (χ4v) is 3.61. The zero-order valence-electron chi connectivity index (χ0n) is 15.7. The van der Waals surface area contributed by atoms with Gasteiger partial charge in [0.15, 0.2) is 5.82 Å². The van der Waals surface area contributed by atoms with Crippen molar-refractivity contribution in [1.82, 2.24) is 25.3 Å². The van der Waals surface area contributed by atoms with Crippen molar-refractivity contribution in [2.75, 3.05) is 12.8 Å². The van der Waals surface area contributed by atoms with E-state index >= 15 is 0 Å². The maximum absolute atomic E-state index is 5.57. The molecule has 0 saturated heterocycles. The van der Waals surface area contributed by atoms with Crippen molar-refractivity contribution in [1.29, 1.82) is 0 Å². The Labute approximate surface area is 165 Å². The molecule has 9 heteroatoms. The van der Waals surface area contributed by atoms with Crippen molar-refractivity contribution in [3.63, 3.8) is 0 Å². The van der Waals surface area contributed by atoms with Gasteiger partial charge < -0.3 is 19.5 Å². The summed E-state index contributed by atoms with van der Waals surface area (Å²) in [6.07, 6.45) is 6.45. The second kappa shape index (κ2) is 6.69. The molecule has 5 rings (SSSR count). The second-order valence-electron chi connectivity index (χ2n) is 7.00. The Hall–Kier alpha value is -3.75. The van der Waals surface area contributed by atoms with E-state index < -0.39 is 0 Å². The second-order valence-corrected chi connectivity index (χ2v) is 7.00. The summed E-state index contributed by atoms with van der Waals surface area (Å²) in [5, 5.41) is 8.02. The quantitative estimate of drug-likeness (QED) is 0.546. The van der Waals surface area contributed by atoms with Gasteiger partial charge in [-0.3, -0.25) is 0 Å². The van der Waals surface area contributed by atoms with Crippen molar-refractivity contribution >= 4 is 5.95 Å². The van der Waals surface area contributed by atoms with Gasteiger partial charge in [0, 0.05) is 18.0 Å². The molecule has 0 aliphatic heterocycles. The first-order chi connectivity index (χ1) is 14.2. The number of nitrogens with two attached hydrogens (primary N) is 1. The number of benzene rings is 1. The average molecular weight is 390 g/mol. The lowest BCUT2D eigenvalue weighted by Gasteiger charge is -2.39. The summed E-state index contributed by atoms with van der Waals surface area (Å²) >= 11 is 0. The van der Waals surface area contributed by atoms with Crippen molar-refractivity contribution < 1.29 is 13.8 Å². The van der Waals surface area contributed by atoms with Crippen LogP contribution < -0.4 is 10.5 Å². The molecule has 3 heterocycles. The predicted octanol–water partition coefficient (Wildman–Crippen LogP) is 3.24. The summed E-state index contributed by atoms with van der Waals surface area (Å²) in [6.45, 7) is 0. The molecule has 0 atom stereocenters. The Balaban J connectivity index is 1.45. The van der Waals surface area contributed by atoms with Crippen LogP contribution in [0.25, 0.3) is 22.8 Å². The first kappa shape index (κ1) is 17.4. The van der Waals surface area contributed by atoms with E-state index in [4.69, 9.17) is 19.5 Å². The zero-order valence-corrected chi connectivity index (χ0v) is 15.7. The lowest BCUT2D eigenvalue weighted by atomic mass is 9.64. The topological polar surface area (TPSA) is 126 Å². The highest BCUT2D eigenvalue weighted by atomic mass is 16.5. The summed E-state index contributed by atoms with van der Waals surface area (Å²) < 4.78 is 15.7. The van der Waals surface area contributed by atoms with E-state index in [9.17, 15) is 0 Å². The van der Waals surface area contributed by atoms with Crippen LogP contribution >= 0.6 is 0 Å². The molecule has 0 radical (unpaired) electrons. The van der Waals surface area contributed by atoms with Crippen LogP contribution in [0.5, 0.6) is 5.88 Å². The van der Waals surface area contributed by atoms with E-state index in [-0.39, 0.29) is 17.3 Å². The Morgan fingerprint density at radius 3 is 2.38 bits per heavy atom. The van der Waals surface area contributed by atoms with Gasteiger partial charge in [-0.25, -0.2) is 9.97 Å². The Kier molecular flexibility index (Phi) is 4.01. The van der Waals surface area contributed by atoms with E-state index in [1.165, 1.54) is 7.11 Å². The lowest BCUT2D eigenvalue weighted by molar-refractivity contribution is 0.272. The third-order valence-electron chi connectivity index (χ3n) is 5.41. The molecule has 146 valence electrons. The number of methoxy groups -OCH3 is 1. The van der Waals surface area contributed by atoms with E-state index in [0.29, 0.717) is 17.5 Å². The van der Waals surface area contributed by atoms with E-state index in [1.807, 2.05) is 12.1 Å². The zero-order chi connectivity index (χ0) is 19.8. The van der Waals surface area contributed by atoms with Crippen LogP contribution in [0.15, 0.2) is 51.8 Å². The summed E-state index contributed by atoms with van der Waals surface area (Å²) in [5.41, 5.74) is 8.38. The van der Waals surface area contributed by atoms with Crippen molar-refractivity contribution in [3.05, 3.63) is 54.1 Å². The summed E-state index contributed by atoms with van der Waals surface area (Å²) in [6, 6.07) is 9.91. The maximum atomic E-state index is 5.57. The summed E-state index contributed by atoms with van der Waals surface area (Å²) in [5.74, 6) is 1.94. The molecular formula is C20H18N6O3. The standard InChI is InChI=1S/C20H18N6O3/c1-27-16-9-15(28-25-16)17-24-18(26-29-17)20(7-2-8-20)14-5-3-12(4-6-14)13-10-22-19(21)23-11-13/h3-6,9-11H,2,7-8H2,1H3,(H2,21,22,23). The van der Waals surface area contributed by atoms with Crippen LogP contribution in [0.2, 0.25) is 0 Å². The van der Waals surface area contributed by atoms with Gasteiger partial charge >= 0.3 is 0 Å². The first-order valence-corrected chi connectivity index (χ1v) is 9.22. The SMILES string of the molecule is COc1cc(-c2nc(C3(c4ccc(-c5cnc(N)nc5)cc4)CCC3)no2)on1. The van der Waals surface area contributed by atoms with Gasteiger partial charge in [0.05, 0.1) is 18.6 Å². The minimum absolute atomic E-state index is 0.260. The Bertz CT molecular complexity index is 1130. The minimum atomic E-state index is -0.262. The number of hydrogen-bond donors (Lipinski definition) is 1. The van der Waals surface area contributed by atoms with Crippen LogP contribution in [0, 0.1) is 0 Å². The van der Waals surface area contributed by atoms with Gasteiger partial charge in [0.25, 0.3) is 11.8 Å². The molecule has 0 bridgehead atoms. The molecular weight excluding hydrogens is 372 g/mol. The maximum Gasteiger partial charge on any atom is 0.296 e. The number of nitrogens with zero attached hydrogens (tertiary/aromatic N) is 5. The smallest absolute Gasteiger partial charge is 0.296 e. The molecule has 1 fully saturated rings. The third kappa shape index (κ3) is 2.91. The van der Waals surface area contributed by atoms with E-state index in [1.54, 1.807) is 18.5 Å². The monoisotopic (exact) mass is 390 g/mol. The number of aromatic nitrogens is 5. The molecule has 3 aromatic heterocycles. The van der Waals surface area contributed by atoms with Crippen LogP contribution in [-0.4, -0.2) is 32.4 Å². The molecule has 29 heavy (non-hydrogen) atoms. The minimum Gasteiger partial charge on any atom is -0.479 e. The van der Waals surface area contributed by atoms with Gasteiger partial charge in [-0.15, -0.1) is 0 Å². The molecule has 1 aliphatic rings.